The van der Waals surface area contributed by atoms with Gasteiger partial charge in [-0.1, -0.05) is 18.2 Å². The van der Waals surface area contributed by atoms with Gasteiger partial charge >= 0.3 is 6.18 Å². The summed E-state index contributed by atoms with van der Waals surface area (Å²) in [6.07, 6.45) is -4.97. The Morgan fingerprint density at radius 1 is 1.17 bits per heavy atom. The fraction of sp³-hybridized carbons (Fsp3) is 0.250. The number of hydrogen-bond donors (Lipinski definition) is 3. The van der Waals surface area contributed by atoms with E-state index in [0.29, 0.717) is 0 Å². The average Bonchev–Trinajstić information content (AvgIpc) is 2.69. The van der Waals surface area contributed by atoms with Crippen molar-refractivity contribution in [2.24, 2.45) is 0 Å². The van der Waals surface area contributed by atoms with Gasteiger partial charge in [0.25, 0.3) is 0 Å². The second-order valence-electron chi connectivity index (χ2n) is 6.17. The van der Waals surface area contributed by atoms with Crippen LogP contribution in [0.25, 0.3) is 22.1 Å². The van der Waals surface area contributed by atoms with Crippen LogP contribution in [0.15, 0.2) is 45.6 Å². The third-order valence-corrected chi connectivity index (χ3v) is 4.36. The molecule has 154 valence electrons. The lowest BCUT2D eigenvalue weighted by Gasteiger charge is -2.16. The Balaban J connectivity index is 2.38. The van der Waals surface area contributed by atoms with E-state index in [1.54, 1.807) is 6.07 Å². The average molecular weight is 409 g/mol. The molecule has 0 unspecified atom stereocenters. The second-order valence-corrected chi connectivity index (χ2v) is 6.17. The third kappa shape index (κ3) is 3.92. The van der Waals surface area contributed by atoms with Crippen LogP contribution >= 0.6 is 0 Å². The molecule has 0 aliphatic carbocycles. The minimum absolute atomic E-state index is 0.00914. The molecule has 0 bridgehead atoms. The molecule has 0 aliphatic rings. The second kappa shape index (κ2) is 8.14. The van der Waals surface area contributed by atoms with Gasteiger partial charge in [-0.15, -0.1) is 0 Å². The van der Waals surface area contributed by atoms with Gasteiger partial charge in [0.2, 0.25) is 11.2 Å². The molecule has 2 aromatic carbocycles. The quantitative estimate of drug-likeness (QED) is 0.542. The van der Waals surface area contributed by atoms with Crippen molar-refractivity contribution >= 4 is 11.0 Å². The Bertz CT molecular complexity index is 1090. The number of phenolic OH excluding ortho intramolecular Hbond substituents is 1. The maximum absolute atomic E-state index is 13.8. The predicted molar refractivity (Wildman–Crippen MR) is 99.9 cm³/mol. The van der Waals surface area contributed by atoms with Crippen molar-refractivity contribution in [2.75, 3.05) is 20.3 Å². The molecule has 9 heteroatoms. The Morgan fingerprint density at radius 2 is 1.90 bits per heavy atom. The van der Waals surface area contributed by atoms with Gasteiger partial charge in [0.1, 0.15) is 17.1 Å². The standard InChI is InChI=1S/C20H18F3NO5/c1-28-15-5-3-2-4-11(15)16-17(27)12-6-7-14(26)13(10-24-8-9-25)18(12)29-19(16)20(21,22)23/h2-7,24-26H,8-10H2,1H3. The molecule has 0 spiro atoms. The van der Waals surface area contributed by atoms with Gasteiger partial charge in [0, 0.05) is 18.7 Å². The monoisotopic (exact) mass is 409 g/mol. The van der Waals surface area contributed by atoms with E-state index in [4.69, 9.17) is 14.3 Å². The van der Waals surface area contributed by atoms with Crippen molar-refractivity contribution in [2.45, 2.75) is 12.7 Å². The van der Waals surface area contributed by atoms with E-state index < -0.39 is 22.9 Å². The maximum atomic E-state index is 13.8. The number of ether oxygens (including phenoxy) is 1. The van der Waals surface area contributed by atoms with Gasteiger partial charge in [-0.3, -0.25) is 4.79 Å². The number of aromatic hydroxyl groups is 1. The highest BCUT2D eigenvalue weighted by atomic mass is 19.4. The van der Waals surface area contributed by atoms with Crippen LogP contribution in [0.4, 0.5) is 13.2 Å². The van der Waals surface area contributed by atoms with Crippen molar-refractivity contribution in [3.63, 3.8) is 0 Å². The van der Waals surface area contributed by atoms with Crippen LogP contribution in [0, 0.1) is 0 Å². The van der Waals surface area contributed by atoms with Crippen LogP contribution in [0.2, 0.25) is 0 Å². The normalized spacial score (nSPS) is 11.8. The molecule has 0 saturated heterocycles. The number of alkyl halides is 3. The highest BCUT2D eigenvalue weighted by Gasteiger charge is 2.40. The maximum Gasteiger partial charge on any atom is 0.450 e. The molecule has 29 heavy (non-hydrogen) atoms. The summed E-state index contributed by atoms with van der Waals surface area (Å²) in [5.41, 5.74) is -1.99. The van der Waals surface area contributed by atoms with Gasteiger partial charge in [-0.25, -0.2) is 0 Å². The number of benzene rings is 2. The van der Waals surface area contributed by atoms with Crippen LogP contribution in [0.1, 0.15) is 11.3 Å². The van der Waals surface area contributed by atoms with Crippen molar-refractivity contribution in [1.29, 1.82) is 0 Å². The highest BCUT2D eigenvalue weighted by molar-refractivity contribution is 5.87. The number of fused-ring (bicyclic) bond motifs is 1. The van der Waals surface area contributed by atoms with Crippen LogP contribution in [0.5, 0.6) is 11.5 Å². The van der Waals surface area contributed by atoms with Crippen molar-refractivity contribution in [3.8, 4) is 22.6 Å². The minimum Gasteiger partial charge on any atom is -0.507 e. The number of aliphatic hydroxyl groups excluding tert-OH is 1. The lowest BCUT2D eigenvalue weighted by molar-refractivity contribution is -0.152. The number of phenols is 1. The van der Waals surface area contributed by atoms with Gasteiger partial charge in [0.05, 0.1) is 30.2 Å². The topological polar surface area (TPSA) is 91.9 Å². The molecule has 0 radical (unpaired) electrons. The summed E-state index contributed by atoms with van der Waals surface area (Å²) in [4.78, 5) is 13.1. The van der Waals surface area contributed by atoms with E-state index in [1.807, 2.05) is 0 Å². The number of nitrogens with one attached hydrogen (secondary N) is 1. The largest absolute Gasteiger partial charge is 0.507 e. The molecule has 1 heterocycles. The summed E-state index contributed by atoms with van der Waals surface area (Å²) < 4.78 is 51.8. The number of rotatable bonds is 6. The first-order valence-corrected chi connectivity index (χ1v) is 8.63. The molecule has 1 aromatic heterocycles. The number of hydrogen-bond acceptors (Lipinski definition) is 6. The summed E-state index contributed by atoms with van der Waals surface area (Å²) in [7, 11) is 1.29. The van der Waals surface area contributed by atoms with E-state index in [2.05, 4.69) is 5.32 Å². The SMILES string of the molecule is COc1ccccc1-c1c(C(F)(F)F)oc2c(CNCCO)c(O)ccc2c1=O. The molecular formula is C20H18F3NO5. The fourth-order valence-electron chi connectivity index (χ4n) is 3.06. The van der Waals surface area contributed by atoms with E-state index in [1.165, 1.54) is 37.4 Å². The van der Waals surface area contributed by atoms with Crippen molar-refractivity contribution in [1.82, 2.24) is 5.32 Å². The fourth-order valence-corrected chi connectivity index (χ4v) is 3.06. The summed E-state index contributed by atoms with van der Waals surface area (Å²) in [6.45, 7) is -0.162. The Hall–Kier alpha value is -3.04. The number of aliphatic hydroxyl groups is 1. The Morgan fingerprint density at radius 3 is 2.55 bits per heavy atom. The van der Waals surface area contributed by atoms with E-state index >= 15 is 0 Å². The molecule has 3 rings (SSSR count). The summed E-state index contributed by atoms with van der Waals surface area (Å²) >= 11 is 0. The van der Waals surface area contributed by atoms with E-state index in [9.17, 15) is 23.1 Å². The predicted octanol–water partition coefficient (Wildman–Crippen LogP) is 3.27. The van der Waals surface area contributed by atoms with Gasteiger partial charge < -0.3 is 24.7 Å². The molecule has 6 nitrogen and oxygen atoms in total. The minimum atomic E-state index is -4.97. The van der Waals surface area contributed by atoms with Gasteiger partial charge in [-0.05, 0) is 18.2 Å². The van der Waals surface area contributed by atoms with Crippen LogP contribution in [-0.4, -0.2) is 30.5 Å². The van der Waals surface area contributed by atoms with Gasteiger partial charge in [-0.2, -0.15) is 13.2 Å². The van der Waals surface area contributed by atoms with Crippen LogP contribution in [-0.2, 0) is 12.7 Å². The molecule has 0 saturated carbocycles. The van der Waals surface area contributed by atoms with Crippen molar-refractivity contribution < 1.29 is 32.5 Å². The molecule has 3 N–H and O–H groups in total. The molecule has 0 amide bonds. The van der Waals surface area contributed by atoms with Gasteiger partial charge in [0.15, 0.2) is 0 Å². The Labute approximate surface area is 163 Å². The summed E-state index contributed by atoms with van der Waals surface area (Å²) in [6, 6.07) is 8.28. The van der Waals surface area contributed by atoms with Crippen molar-refractivity contribution in [3.05, 3.63) is 57.9 Å². The van der Waals surface area contributed by atoms with E-state index in [-0.39, 0.29) is 53.3 Å². The summed E-state index contributed by atoms with van der Waals surface area (Å²) in [5, 5.41) is 21.6. The zero-order chi connectivity index (χ0) is 21.2. The Kier molecular flexibility index (Phi) is 5.81. The molecule has 0 atom stereocenters. The lowest BCUT2D eigenvalue weighted by atomic mass is 9.99. The number of methoxy groups -OCH3 is 1. The third-order valence-electron chi connectivity index (χ3n) is 4.36. The molecule has 0 fully saturated rings. The first-order chi connectivity index (χ1) is 13.8. The molecule has 3 aromatic rings. The van der Waals surface area contributed by atoms with Crippen LogP contribution in [0.3, 0.4) is 0 Å². The molecular weight excluding hydrogens is 391 g/mol. The van der Waals surface area contributed by atoms with E-state index in [0.717, 1.165) is 0 Å². The smallest absolute Gasteiger partial charge is 0.450 e. The number of para-hydroxylation sites is 1. The zero-order valence-corrected chi connectivity index (χ0v) is 15.3. The highest BCUT2D eigenvalue weighted by Crippen LogP contribution is 2.41. The first-order valence-electron chi connectivity index (χ1n) is 8.63. The zero-order valence-electron chi connectivity index (χ0n) is 15.3. The lowest BCUT2D eigenvalue weighted by Crippen LogP contribution is -2.20. The molecule has 0 aliphatic heterocycles. The summed E-state index contributed by atoms with van der Waals surface area (Å²) in [5.74, 6) is -1.72. The van der Waals surface area contributed by atoms with Crippen LogP contribution < -0.4 is 15.5 Å². The number of halogens is 3. The first kappa shape index (κ1) is 20.7.